The van der Waals surface area contributed by atoms with Gasteiger partial charge in [-0.15, -0.1) is 0 Å². The first-order valence-corrected chi connectivity index (χ1v) is 14.8. The molecule has 1 fully saturated rings. The Labute approximate surface area is 258 Å². The van der Waals surface area contributed by atoms with Crippen LogP contribution in [0.3, 0.4) is 0 Å². The van der Waals surface area contributed by atoms with E-state index >= 15 is 0 Å². The van der Waals surface area contributed by atoms with Crippen LogP contribution in [-0.4, -0.2) is 52.6 Å². The molecule has 9 heteroatoms. The second-order valence-corrected chi connectivity index (χ2v) is 11.9. The molecule has 2 unspecified atom stereocenters. The fourth-order valence-corrected chi connectivity index (χ4v) is 5.26. The summed E-state index contributed by atoms with van der Waals surface area (Å²) in [4.78, 5) is 54.6. The van der Waals surface area contributed by atoms with E-state index in [0.29, 0.717) is 0 Å². The van der Waals surface area contributed by atoms with Crippen LogP contribution in [0.15, 0.2) is 91.0 Å². The summed E-state index contributed by atoms with van der Waals surface area (Å²) < 4.78 is 16.7. The normalized spacial score (nSPS) is 18.5. The third-order valence-corrected chi connectivity index (χ3v) is 7.56. The van der Waals surface area contributed by atoms with E-state index in [1.165, 1.54) is 4.90 Å². The monoisotopic (exact) mass is 600 g/mol. The van der Waals surface area contributed by atoms with Gasteiger partial charge in [0.15, 0.2) is 5.54 Å². The molecule has 0 bridgehead atoms. The van der Waals surface area contributed by atoms with E-state index in [1.54, 1.807) is 27.7 Å². The van der Waals surface area contributed by atoms with Gasteiger partial charge in [0, 0.05) is 13.0 Å². The SMILES string of the molecule is CC1C(=O)N(CC[C@H](NC(=O)OC(C)(C)C)C(=O)OCc2ccccc2)C1(Cc1ccccc1)C(=O)OCc1ccccc1. The number of hydrogen-bond acceptors (Lipinski definition) is 7. The smallest absolute Gasteiger partial charge is 0.408 e. The van der Waals surface area contributed by atoms with Crippen molar-refractivity contribution in [3.05, 3.63) is 108 Å². The summed E-state index contributed by atoms with van der Waals surface area (Å²) in [6.07, 6.45) is -0.564. The van der Waals surface area contributed by atoms with Crippen LogP contribution < -0.4 is 5.32 Å². The Bertz CT molecular complexity index is 1420. The van der Waals surface area contributed by atoms with Crippen LogP contribution in [0.4, 0.5) is 4.79 Å². The Morgan fingerprint density at radius 3 is 1.84 bits per heavy atom. The molecule has 1 N–H and O–H groups in total. The van der Waals surface area contributed by atoms with Crippen LogP contribution in [0.1, 0.15) is 50.8 Å². The summed E-state index contributed by atoms with van der Waals surface area (Å²) in [5.41, 5.74) is 0.380. The first-order valence-electron chi connectivity index (χ1n) is 14.8. The molecule has 2 amide bonds. The maximum absolute atomic E-state index is 13.9. The number of amides is 2. The zero-order chi connectivity index (χ0) is 31.7. The van der Waals surface area contributed by atoms with Gasteiger partial charge in [0.25, 0.3) is 0 Å². The highest BCUT2D eigenvalue weighted by Gasteiger charge is 2.63. The van der Waals surface area contributed by atoms with Crippen LogP contribution in [0.5, 0.6) is 0 Å². The lowest BCUT2D eigenvalue weighted by molar-refractivity contribution is -0.191. The van der Waals surface area contributed by atoms with Gasteiger partial charge in [-0.25, -0.2) is 14.4 Å². The minimum Gasteiger partial charge on any atom is -0.459 e. The molecule has 1 heterocycles. The molecule has 0 aliphatic carbocycles. The first kappa shape index (κ1) is 32.3. The quantitative estimate of drug-likeness (QED) is 0.172. The number of likely N-dealkylation sites (tertiary alicyclic amines) is 1. The van der Waals surface area contributed by atoms with Crippen molar-refractivity contribution in [1.82, 2.24) is 10.2 Å². The molecule has 9 nitrogen and oxygen atoms in total. The Balaban J connectivity index is 1.55. The molecule has 0 aromatic heterocycles. The van der Waals surface area contributed by atoms with Crippen molar-refractivity contribution in [2.45, 2.75) is 70.9 Å². The molecule has 232 valence electrons. The Morgan fingerprint density at radius 2 is 1.32 bits per heavy atom. The minimum atomic E-state index is -1.29. The number of alkyl carbamates (subject to hydrolysis) is 1. The fourth-order valence-electron chi connectivity index (χ4n) is 5.26. The maximum atomic E-state index is 13.9. The fraction of sp³-hybridized carbons (Fsp3) is 0.371. The molecular weight excluding hydrogens is 560 g/mol. The number of nitrogens with one attached hydrogen (secondary N) is 1. The number of benzene rings is 3. The molecule has 0 radical (unpaired) electrons. The largest absolute Gasteiger partial charge is 0.459 e. The second-order valence-electron chi connectivity index (χ2n) is 11.9. The molecular formula is C35H40N2O7. The van der Waals surface area contributed by atoms with Crippen LogP contribution in [0.2, 0.25) is 0 Å². The van der Waals surface area contributed by atoms with E-state index in [9.17, 15) is 19.2 Å². The maximum Gasteiger partial charge on any atom is 0.408 e. The summed E-state index contributed by atoms with van der Waals surface area (Å²) in [5, 5.41) is 2.60. The topological polar surface area (TPSA) is 111 Å². The van der Waals surface area contributed by atoms with Gasteiger partial charge in [0.05, 0.1) is 5.92 Å². The van der Waals surface area contributed by atoms with E-state index in [1.807, 2.05) is 91.0 Å². The molecule has 4 rings (SSSR count). The van der Waals surface area contributed by atoms with Crippen LogP contribution in [0.25, 0.3) is 0 Å². The summed E-state index contributed by atoms with van der Waals surface area (Å²) in [6.45, 7) is 6.93. The summed E-state index contributed by atoms with van der Waals surface area (Å²) in [5.74, 6) is -2.11. The minimum absolute atomic E-state index is 0.00263. The molecule has 0 saturated carbocycles. The van der Waals surface area contributed by atoms with Gasteiger partial charge in [-0.3, -0.25) is 4.79 Å². The number of nitrogens with zero attached hydrogens (tertiary/aromatic N) is 1. The lowest BCUT2D eigenvalue weighted by Gasteiger charge is -2.55. The summed E-state index contributed by atoms with van der Waals surface area (Å²) in [6, 6.07) is 26.8. The molecule has 1 aliphatic heterocycles. The van der Waals surface area contributed by atoms with Crippen molar-refractivity contribution >= 4 is 23.9 Å². The third-order valence-electron chi connectivity index (χ3n) is 7.56. The molecule has 1 saturated heterocycles. The number of ether oxygens (including phenoxy) is 3. The van der Waals surface area contributed by atoms with Crippen molar-refractivity contribution in [3.8, 4) is 0 Å². The zero-order valence-corrected chi connectivity index (χ0v) is 25.7. The number of carbonyl (C=O) groups is 4. The van der Waals surface area contributed by atoms with E-state index in [2.05, 4.69) is 5.32 Å². The van der Waals surface area contributed by atoms with E-state index in [-0.39, 0.29) is 38.5 Å². The standard InChI is InChI=1S/C35H40N2O7/c1-25-30(38)37(35(25,22-26-14-8-5-9-15-26)32(40)43-24-28-18-12-7-13-19-28)21-20-29(36-33(41)44-34(2,3)4)31(39)42-23-27-16-10-6-11-17-27/h5-19,25,29H,20-24H2,1-4H3,(H,36,41)/t25?,29-,35?/m0/s1. The van der Waals surface area contributed by atoms with Gasteiger partial charge in [-0.1, -0.05) is 97.9 Å². The molecule has 3 aromatic rings. The van der Waals surface area contributed by atoms with Crippen LogP contribution in [-0.2, 0) is 48.2 Å². The van der Waals surface area contributed by atoms with Crippen molar-refractivity contribution in [1.29, 1.82) is 0 Å². The highest BCUT2D eigenvalue weighted by Crippen LogP contribution is 2.42. The third kappa shape index (κ3) is 8.03. The van der Waals surface area contributed by atoms with Crippen molar-refractivity contribution in [3.63, 3.8) is 0 Å². The Kier molecular flexibility index (Phi) is 10.4. The molecule has 3 aromatic carbocycles. The van der Waals surface area contributed by atoms with E-state index in [4.69, 9.17) is 14.2 Å². The Hall–Kier alpha value is -4.66. The highest BCUT2D eigenvalue weighted by molar-refractivity contribution is 6.01. The number of rotatable bonds is 12. The van der Waals surface area contributed by atoms with Gasteiger partial charge in [0.2, 0.25) is 5.91 Å². The van der Waals surface area contributed by atoms with Gasteiger partial charge in [0.1, 0.15) is 24.9 Å². The Morgan fingerprint density at radius 1 is 0.818 bits per heavy atom. The predicted molar refractivity (Wildman–Crippen MR) is 164 cm³/mol. The van der Waals surface area contributed by atoms with Gasteiger partial charge in [-0.05, 0) is 43.9 Å². The number of hydrogen-bond donors (Lipinski definition) is 1. The lowest BCUT2D eigenvalue weighted by atomic mass is 9.70. The molecule has 3 atom stereocenters. The number of β-lactam (4-membered cyclic amide) rings is 1. The number of esters is 2. The van der Waals surface area contributed by atoms with Gasteiger partial charge in [-0.2, -0.15) is 0 Å². The van der Waals surface area contributed by atoms with Crippen molar-refractivity contribution < 1.29 is 33.4 Å². The summed E-state index contributed by atoms with van der Waals surface area (Å²) in [7, 11) is 0. The molecule has 44 heavy (non-hydrogen) atoms. The first-order chi connectivity index (χ1) is 21.0. The molecule has 0 spiro atoms. The summed E-state index contributed by atoms with van der Waals surface area (Å²) >= 11 is 0. The van der Waals surface area contributed by atoms with Crippen LogP contribution in [0, 0.1) is 5.92 Å². The van der Waals surface area contributed by atoms with Crippen LogP contribution >= 0.6 is 0 Å². The average molecular weight is 601 g/mol. The van der Waals surface area contributed by atoms with E-state index in [0.717, 1.165) is 16.7 Å². The zero-order valence-electron chi connectivity index (χ0n) is 25.7. The van der Waals surface area contributed by atoms with E-state index < -0.39 is 41.1 Å². The predicted octanol–water partition coefficient (Wildman–Crippen LogP) is 5.22. The van der Waals surface area contributed by atoms with Gasteiger partial charge < -0.3 is 24.4 Å². The second kappa shape index (κ2) is 14.2. The number of carbonyl (C=O) groups excluding carboxylic acids is 4. The van der Waals surface area contributed by atoms with Crippen molar-refractivity contribution in [2.75, 3.05) is 6.54 Å². The highest BCUT2D eigenvalue weighted by atomic mass is 16.6. The van der Waals surface area contributed by atoms with Crippen molar-refractivity contribution in [2.24, 2.45) is 5.92 Å². The van der Waals surface area contributed by atoms with Gasteiger partial charge >= 0.3 is 18.0 Å². The lowest BCUT2D eigenvalue weighted by Crippen LogP contribution is -2.75. The molecule has 1 aliphatic rings. The average Bonchev–Trinajstić information content (AvgIpc) is 3.01.